The summed E-state index contributed by atoms with van der Waals surface area (Å²) in [5.74, 6) is -0.170. The predicted molar refractivity (Wildman–Crippen MR) is 107 cm³/mol. The van der Waals surface area contributed by atoms with E-state index in [4.69, 9.17) is 9.84 Å². The summed E-state index contributed by atoms with van der Waals surface area (Å²) in [4.78, 5) is 31.0. The first kappa shape index (κ1) is 20.8. The van der Waals surface area contributed by atoms with Gasteiger partial charge in [0.2, 0.25) is 5.91 Å². The number of carbonyl (C=O) groups excluding carboxylic acids is 2. The maximum atomic E-state index is 12.5. The first-order valence-electron chi connectivity index (χ1n) is 9.30. The molecule has 2 aromatic heterocycles. The molecule has 2 aromatic rings. The number of rotatable bonds is 6. The number of pyridine rings is 1. The number of nitriles is 1. The summed E-state index contributed by atoms with van der Waals surface area (Å²) in [7, 11) is 0. The molecule has 2 N–H and O–H groups in total. The lowest BCUT2D eigenvalue weighted by Crippen LogP contribution is -2.36. The zero-order valence-corrected chi connectivity index (χ0v) is 16.9. The van der Waals surface area contributed by atoms with Crippen LogP contribution in [0, 0.1) is 11.3 Å². The summed E-state index contributed by atoms with van der Waals surface area (Å²) in [6, 6.07) is 5.96. The van der Waals surface area contributed by atoms with Crippen LogP contribution in [0.25, 0.3) is 0 Å². The van der Waals surface area contributed by atoms with E-state index in [-0.39, 0.29) is 31.5 Å². The molecule has 1 unspecified atom stereocenters. The quantitative estimate of drug-likeness (QED) is 0.751. The molecule has 1 aliphatic rings. The Morgan fingerprint density at radius 2 is 2.34 bits per heavy atom. The van der Waals surface area contributed by atoms with Crippen LogP contribution in [0.4, 0.5) is 9.80 Å². The number of aromatic nitrogens is 1. The smallest absolute Gasteiger partial charge is 0.410 e. The van der Waals surface area contributed by atoms with Gasteiger partial charge in [-0.2, -0.15) is 5.26 Å². The summed E-state index contributed by atoms with van der Waals surface area (Å²) in [6.07, 6.45) is 3.73. The largest absolute Gasteiger partial charge is 0.447 e. The Bertz CT molecular complexity index is 923. The molecule has 0 aromatic carbocycles. The zero-order valence-electron chi connectivity index (χ0n) is 16.1. The van der Waals surface area contributed by atoms with E-state index in [1.165, 1.54) is 16.2 Å². The molecule has 1 aliphatic heterocycles. The first-order chi connectivity index (χ1) is 14.0. The van der Waals surface area contributed by atoms with Crippen molar-refractivity contribution in [3.8, 4) is 6.07 Å². The molecular formula is C20H22N4O4S. The van der Waals surface area contributed by atoms with E-state index in [9.17, 15) is 14.9 Å². The number of nitrogens with zero attached hydrogens (tertiary/aromatic N) is 3. The number of aliphatic hydroxyl groups is 1. The van der Waals surface area contributed by atoms with Crippen LogP contribution in [0.2, 0.25) is 0 Å². The molecule has 29 heavy (non-hydrogen) atoms. The molecule has 3 rings (SSSR count). The summed E-state index contributed by atoms with van der Waals surface area (Å²) in [5.41, 5.74) is 2.32. The van der Waals surface area contributed by atoms with E-state index in [1.807, 2.05) is 19.1 Å². The van der Waals surface area contributed by atoms with Crippen LogP contribution >= 0.6 is 11.3 Å². The molecule has 0 saturated carbocycles. The number of hydrogen-bond acceptors (Lipinski definition) is 7. The summed E-state index contributed by atoms with van der Waals surface area (Å²) in [5, 5.41) is 21.8. The molecule has 0 spiro atoms. The second-order valence-corrected chi connectivity index (χ2v) is 7.87. The minimum absolute atomic E-state index is 0.000564. The number of carbonyl (C=O) groups is 2. The van der Waals surface area contributed by atoms with Crippen molar-refractivity contribution >= 4 is 28.3 Å². The standard InChI is InChI=1S/C20H22N4O4S/c1-13(14-3-2-5-22-11-14)9-18(26)23-19-16(10-21)15-4-6-24(12-17(15)29-19)20(27)28-8-7-25/h2-3,5,11,13,25H,4,6-9,12H2,1H3,(H,23,26). The molecule has 0 radical (unpaired) electrons. The molecule has 152 valence electrons. The van der Waals surface area contributed by atoms with Crippen LogP contribution in [0.15, 0.2) is 24.5 Å². The van der Waals surface area contributed by atoms with Crippen molar-refractivity contribution in [1.29, 1.82) is 5.26 Å². The summed E-state index contributed by atoms with van der Waals surface area (Å²) < 4.78 is 4.96. The monoisotopic (exact) mass is 414 g/mol. The van der Waals surface area contributed by atoms with Crippen LogP contribution in [0.1, 0.15) is 40.8 Å². The predicted octanol–water partition coefficient (Wildman–Crippen LogP) is 2.63. The number of ether oxygens (including phenoxy) is 1. The molecule has 3 heterocycles. The lowest BCUT2D eigenvalue weighted by Gasteiger charge is -2.26. The van der Waals surface area contributed by atoms with Gasteiger partial charge in [-0.1, -0.05) is 13.0 Å². The Kier molecular flexibility index (Phi) is 6.80. The number of aliphatic hydroxyl groups excluding tert-OH is 1. The molecule has 9 heteroatoms. The Morgan fingerprint density at radius 3 is 3.03 bits per heavy atom. The average molecular weight is 414 g/mol. The SMILES string of the molecule is CC(CC(=O)Nc1sc2c(c1C#N)CCN(C(=O)OCCO)C2)c1cccnc1. The van der Waals surface area contributed by atoms with Gasteiger partial charge in [0, 0.05) is 30.2 Å². The number of anilines is 1. The van der Waals surface area contributed by atoms with Gasteiger partial charge in [0.1, 0.15) is 17.7 Å². The summed E-state index contributed by atoms with van der Waals surface area (Å²) >= 11 is 1.32. The van der Waals surface area contributed by atoms with E-state index in [2.05, 4.69) is 16.4 Å². The van der Waals surface area contributed by atoms with E-state index >= 15 is 0 Å². The van der Waals surface area contributed by atoms with Gasteiger partial charge >= 0.3 is 6.09 Å². The van der Waals surface area contributed by atoms with E-state index in [0.29, 0.717) is 30.1 Å². The first-order valence-corrected chi connectivity index (χ1v) is 10.1. The van der Waals surface area contributed by atoms with Crippen molar-refractivity contribution < 1.29 is 19.4 Å². The highest BCUT2D eigenvalue weighted by Gasteiger charge is 2.28. The zero-order chi connectivity index (χ0) is 20.8. The molecule has 0 bridgehead atoms. The van der Waals surface area contributed by atoms with Crippen LogP contribution in [-0.2, 0) is 22.5 Å². The lowest BCUT2D eigenvalue weighted by atomic mass is 9.99. The highest BCUT2D eigenvalue weighted by atomic mass is 32.1. The number of amides is 2. The van der Waals surface area contributed by atoms with Crippen molar-refractivity contribution in [3.05, 3.63) is 46.1 Å². The third-order valence-electron chi connectivity index (χ3n) is 4.74. The number of fused-ring (bicyclic) bond motifs is 1. The van der Waals surface area contributed by atoms with Gasteiger partial charge in [0.15, 0.2) is 0 Å². The fourth-order valence-corrected chi connectivity index (χ4v) is 4.46. The highest BCUT2D eigenvalue weighted by Crippen LogP contribution is 2.37. The number of hydrogen-bond donors (Lipinski definition) is 2. The maximum absolute atomic E-state index is 12.5. The van der Waals surface area contributed by atoms with Gasteiger partial charge in [-0.3, -0.25) is 9.78 Å². The maximum Gasteiger partial charge on any atom is 0.410 e. The molecule has 0 saturated heterocycles. The highest BCUT2D eigenvalue weighted by molar-refractivity contribution is 7.16. The number of nitrogens with one attached hydrogen (secondary N) is 1. The van der Waals surface area contributed by atoms with E-state index in [0.717, 1.165) is 16.0 Å². The van der Waals surface area contributed by atoms with Gasteiger partial charge in [0.25, 0.3) is 0 Å². The Balaban J connectivity index is 1.68. The molecule has 1 atom stereocenters. The normalized spacial score (nSPS) is 13.9. The fraction of sp³-hybridized carbons (Fsp3) is 0.400. The van der Waals surface area contributed by atoms with Crippen molar-refractivity contribution in [2.24, 2.45) is 0 Å². The van der Waals surface area contributed by atoms with Crippen molar-refractivity contribution in [2.45, 2.75) is 32.2 Å². The van der Waals surface area contributed by atoms with E-state index in [1.54, 1.807) is 12.4 Å². The molecule has 0 fully saturated rings. The Labute approximate surface area is 172 Å². The fourth-order valence-electron chi connectivity index (χ4n) is 3.23. The number of thiophene rings is 1. The van der Waals surface area contributed by atoms with Gasteiger partial charge in [0.05, 0.1) is 18.7 Å². The minimum atomic E-state index is -0.493. The van der Waals surface area contributed by atoms with Crippen molar-refractivity contribution in [3.63, 3.8) is 0 Å². The van der Waals surface area contributed by atoms with Crippen LogP contribution in [0.3, 0.4) is 0 Å². The third-order valence-corrected chi connectivity index (χ3v) is 5.87. The molecule has 8 nitrogen and oxygen atoms in total. The molecule has 2 amide bonds. The summed E-state index contributed by atoms with van der Waals surface area (Å²) in [6.45, 7) is 2.43. The van der Waals surface area contributed by atoms with Gasteiger partial charge in [-0.15, -0.1) is 11.3 Å². The van der Waals surface area contributed by atoms with E-state index < -0.39 is 6.09 Å². The van der Waals surface area contributed by atoms with Crippen molar-refractivity contribution in [1.82, 2.24) is 9.88 Å². The lowest BCUT2D eigenvalue weighted by molar-refractivity contribution is -0.116. The second-order valence-electron chi connectivity index (χ2n) is 6.77. The average Bonchev–Trinajstić information content (AvgIpc) is 3.08. The van der Waals surface area contributed by atoms with Gasteiger partial charge < -0.3 is 20.1 Å². The second kappa shape index (κ2) is 9.49. The Morgan fingerprint density at radius 1 is 1.52 bits per heavy atom. The van der Waals surface area contributed by atoms with Gasteiger partial charge in [-0.05, 0) is 29.5 Å². The minimum Gasteiger partial charge on any atom is -0.447 e. The van der Waals surface area contributed by atoms with Crippen molar-refractivity contribution in [2.75, 3.05) is 25.1 Å². The van der Waals surface area contributed by atoms with Crippen LogP contribution in [0.5, 0.6) is 0 Å². The molecular weight excluding hydrogens is 392 g/mol. The van der Waals surface area contributed by atoms with Crippen LogP contribution < -0.4 is 5.32 Å². The topological polar surface area (TPSA) is 116 Å². The Hall–Kier alpha value is -2.96. The molecule has 0 aliphatic carbocycles. The third kappa shape index (κ3) is 4.91. The van der Waals surface area contributed by atoms with Crippen LogP contribution in [-0.4, -0.2) is 46.7 Å². The van der Waals surface area contributed by atoms with Gasteiger partial charge in [-0.25, -0.2) is 4.79 Å².